The first-order valence-corrected chi connectivity index (χ1v) is 3.77. The Morgan fingerprint density at radius 3 is 2.92 bits per heavy atom. The highest BCUT2D eigenvalue weighted by Gasteiger charge is 2.27. The lowest BCUT2D eigenvalue weighted by Crippen LogP contribution is -2.44. The van der Waals surface area contributed by atoms with Crippen LogP contribution in [0.15, 0.2) is 17.3 Å². The average Bonchev–Trinajstić information content (AvgIpc) is 2.06. The van der Waals surface area contributed by atoms with Crippen LogP contribution in [0.4, 0.5) is 0 Å². The Labute approximate surface area is 70.7 Å². The Balaban J connectivity index is 2.73. The quantitative estimate of drug-likeness (QED) is 0.594. The molecule has 1 aliphatic heterocycles. The van der Waals surface area contributed by atoms with E-state index in [1.807, 2.05) is 0 Å². The molecule has 1 atom stereocenters. The number of rotatable bonds is 3. The van der Waals surface area contributed by atoms with Crippen molar-refractivity contribution >= 4 is 6.21 Å². The Morgan fingerprint density at radius 1 is 1.75 bits per heavy atom. The molecular formula is C7H12N3O2-. The van der Waals surface area contributed by atoms with Crippen LogP contribution in [0.1, 0.15) is 12.8 Å². The van der Waals surface area contributed by atoms with E-state index in [0.717, 1.165) is 0 Å². The largest absolute Gasteiger partial charge is 0.762 e. The van der Waals surface area contributed by atoms with Gasteiger partial charge in [-0.1, -0.05) is 0 Å². The fourth-order valence-electron chi connectivity index (χ4n) is 1.19. The molecule has 0 fully saturated rings. The lowest BCUT2D eigenvalue weighted by Gasteiger charge is -2.41. The molecule has 0 aliphatic carbocycles. The zero-order valence-electron chi connectivity index (χ0n) is 6.68. The summed E-state index contributed by atoms with van der Waals surface area (Å²) in [5.74, 6) is 0. The van der Waals surface area contributed by atoms with Crippen molar-refractivity contribution < 1.29 is 5.21 Å². The van der Waals surface area contributed by atoms with Crippen LogP contribution in [0.5, 0.6) is 0 Å². The fraction of sp³-hybridized carbons (Fsp3) is 0.571. The van der Waals surface area contributed by atoms with Gasteiger partial charge in [0.05, 0.1) is 5.54 Å². The molecule has 0 radical (unpaired) electrons. The minimum Gasteiger partial charge on any atom is -0.762 e. The summed E-state index contributed by atoms with van der Waals surface area (Å²) in [5.41, 5.74) is 4.43. The highest BCUT2D eigenvalue weighted by Crippen LogP contribution is 2.24. The molecule has 0 bridgehead atoms. The standard InChI is InChI=1S/C7H12N3O2/c8-4-1-7(10(11)12)2-5-9-6-3-7/h2,5-6,11H,1,3-4,8H2/q-1. The summed E-state index contributed by atoms with van der Waals surface area (Å²) in [4.78, 5) is 3.81. The summed E-state index contributed by atoms with van der Waals surface area (Å²) >= 11 is 0. The van der Waals surface area contributed by atoms with Crippen LogP contribution in [0.25, 0.3) is 0 Å². The second-order valence-corrected chi connectivity index (χ2v) is 2.77. The zero-order chi connectivity index (χ0) is 9.03. The summed E-state index contributed by atoms with van der Waals surface area (Å²) in [7, 11) is 0. The fourth-order valence-corrected chi connectivity index (χ4v) is 1.19. The first kappa shape index (κ1) is 9.34. The summed E-state index contributed by atoms with van der Waals surface area (Å²) in [6, 6.07) is 0. The second-order valence-electron chi connectivity index (χ2n) is 2.77. The zero-order valence-corrected chi connectivity index (χ0v) is 6.68. The van der Waals surface area contributed by atoms with Crippen LogP contribution in [0.2, 0.25) is 0 Å². The molecule has 1 heterocycles. The van der Waals surface area contributed by atoms with E-state index >= 15 is 0 Å². The maximum Gasteiger partial charge on any atom is 0.0585 e. The lowest BCUT2D eigenvalue weighted by atomic mass is 9.91. The van der Waals surface area contributed by atoms with Crippen LogP contribution in [0.3, 0.4) is 0 Å². The molecule has 5 nitrogen and oxygen atoms in total. The third-order valence-electron chi connectivity index (χ3n) is 1.98. The van der Waals surface area contributed by atoms with Gasteiger partial charge in [-0.05, 0) is 19.0 Å². The third kappa shape index (κ3) is 1.70. The molecule has 1 unspecified atom stereocenters. The van der Waals surface area contributed by atoms with Gasteiger partial charge in [0, 0.05) is 18.8 Å². The molecule has 0 aromatic rings. The van der Waals surface area contributed by atoms with Crippen molar-refractivity contribution in [1.82, 2.24) is 5.23 Å². The number of hydrogen-bond donors (Lipinski definition) is 2. The first-order valence-electron chi connectivity index (χ1n) is 3.77. The molecule has 3 N–H and O–H groups in total. The SMILES string of the molecule is NCCC1(N([O-])O)C=CN=CC1. The van der Waals surface area contributed by atoms with E-state index in [0.29, 0.717) is 19.4 Å². The number of aliphatic imine (C=N–C) groups is 1. The molecule has 12 heavy (non-hydrogen) atoms. The minimum absolute atomic E-state index is 0.0401. The van der Waals surface area contributed by atoms with E-state index in [-0.39, 0.29) is 5.23 Å². The van der Waals surface area contributed by atoms with Gasteiger partial charge in [-0.25, -0.2) is 0 Å². The predicted molar refractivity (Wildman–Crippen MR) is 45.6 cm³/mol. The second kappa shape index (κ2) is 3.77. The van der Waals surface area contributed by atoms with Gasteiger partial charge < -0.3 is 16.1 Å². The van der Waals surface area contributed by atoms with E-state index in [2.05, 4.69) is 4.99 Å². The van der Waals surface area contributed by atoms with Crippen molar-refractivity contribution in [3.8, 4) is 0 Å². The van der Waals surface area contributed by atoms with Gasteiger partial charge in [0.25, 0.3) is 0 Å². The summed E-state index contributed by atoms with van der Waals surface area (Å²) in [6.07, 6.45) is 5.50. The highest BCUT2D eigenvalue weighted by molar-refractivity contribution is 5.62. The van der Waals surface area contributed by atoms with Crippen molar-refractivity contribution in [1.29, 1.82) is 0 Å². The average molecular weight is 170 g/mol. The number of nitrogens with zero attached hydrogens (tertiary/aromatic N) is 2. The number of hydrogen-bond acceptors (Lipinski definition) is 5. The molecule has 1 rings (SSSR count). The Hall–Kier alpha value is -0.750. The molecule has 0 aromatic carbocycles. The van der Waals surface area contributed by atoms with Gasteiger partial charge in [-0.15, -0.1) is 0 Å². The van der Waals surface area contributed by atoms with Gasteiger partial charge in [0.15, 0.2) is 0 Å². The number of hydroxylamine groups is 2. The Kier molecular flexibility index (Phi) is 2.93. The Bertz CT molecular complexity index is 203. The molecule has 0 saturated heterocycles. The van der Waals surface area contributed by atoms with Crippen molar-refractivity contribution in [2.45, 2.75) is 18.4 Å². The van der Waals surface area contributed by atoms with Gasteiger partial charge in [0.1, 0.15) is 0 Å². The summed E-state index contributed by atoms with van der Waals surface area (Å²) in [6.45, 7) is 0.359. The van der Waals surface area contributed by atoms with Crippen molar-refractivity contribution in [2.75, 3.05) is 6.54 Å². The molecule has 1 aliphatic rings. The van der Waals surface area contributed by atoms with E-state index < -0.39 is 5.54 Å². The van der Waals surface area contributed by atoms with E-state index in [9.17, 15) is 5.21 Å². The third-order valence-corrected chi connectivity index (χ3v) is 1.98. The molecule has 0 aromatic heterocycles. The maximum absolute atomic E-state index is 10.8. The van der Waals surface area contributed by atoms with Gasteiger partial charge >= 0.3 is 0 Å². The molecular weight excluding hydrogens is 158 g/mol. The van der Waals surface area contributed by atoms with Crippen LogP contribution < -0.4 is 5.73 Å². The van der Waals surface area contributed by atoms with Crippen LogP contribution in [0, 0.1) is 5.21 Å². The van der Waals surface area contributed by atoms with Gasteiger partial charge in [0.2, 0.25) is 0 Å². The topological polar surface area (TPSA) is 84.9 Å². The molecule has 5 heteroatoms. The van der Waals surface area contributed by atoms with Crippen molar-refractivity contribution in [3.05, 3.63) is 17.5 Å². The maximum atomic E-state index is 10.8. The summed E-state index contributed by atoms with van der Waals surface area (Å²) < 4.78 is 0. The first-order chi connectivity index (χ1) is 5.71. The van der Waals surface area contributed by atoms with Gasteiger partial charge in [-0.3, -0.25) is 10.2 Å². The van der Waals surface area contributed by atoms with Crippen LogP contribution in [-0.2, 0) is 0 Å². The van der Waals surface area contributed by atoms with Gasteiger partial charge in [-0.2, -0.15) is 0 Å². The normalized spacial score (nSPS) is 28.3. The molecule has 0 amide bonds. The molecule has 68 valence electrons. The van der Waals surface area contributed by atoms with E-state index in [4.69, 9.17) is 10.9 Å². The summed E-state index contributed by atoms with van der Waals surface area (Å²) in [5, 5.41) is 19.6. The van der Waals surface area contributed by atoms with E-state index in [1.54, 1.807) is 12.3 Å². The minimum atomic E-state index is -0.892. The van der Waals surface area contributed by atoms with Crippen LogP contribution in [-0.4, -0.2) is 28.7 Å². The molecule has 0 saturated carbocycles. The number of nitrogens with two attached hydrogens (primary N) is 1. The monoisotopic (exact) mass is 170 g/mol. The highest BCUT2D eigenvalue weighted by atomic mass is 16.8. The Morgan fingerprint density at radius 2 is 2.50 bits per heavy atom. The van der Waals surface area contributed by atoms with Crippen molar-refractivity contribution in [3.63, 3.8) is 0 Å². The smallest absolute Gasteiger partial charge is 0.0585 e. The van der Waals surface area contributed by atoms with Crippen LogP contribution >= 0.6 is 0 Å². The van der Waals surface area contributed by atoms with Crippen molar-refractivity contribution in [2.24, 2.45) is 10.7 Å². The predicted octanol–water partition coefficient (Wildman–Crippen LogP) is 0.251. The van der Waals surface area contributed by atoms with E-state index in [1.165, 1.54) is 6.20 Å². The lowest BCUT2D eigenvalue weighted by molar-refractivity contribution is -0.111. The molecule has 0 spiro atoms.